The maximum absolute atomic E-state index is 3.29. The fourth-order valence-corrected chi connectivity index (χ4v) is 1.99. The number of rotatable bonds is 4. The van der Waals surface area contributed by atoms with Gasteiger partial charge in [0.05, 0.1) is 0 Å². The van der Waals surface area contributed by atoms with Crippen molar-refractivity contribution in [1.82, 2.24) is 4.72 Å². The normalized spacial score (nSPS) is 20.1. The fourth-order valence-electron chi connectivity index (χ4n) is 1.66. The molecule has 0 atom stereocenters. The van der Waals surface area contributed by atoms with E-state index >= 15 is 0 Å². The average Bonchev–Trinajstić information content (AvgIpc) is 2.41. The van der Waals surface area contributed by atoms with Crippen molar-refractivity contribution in [2.45, 2.75) is 32.1 Å². The summed E-state index contributed by atoms with van der Waals surface area (Å²) in [4.78, 5) is 0. The second-order valence-corrected chi connectivity index (χ2v) is 3.73. The molecule has 1 aliphatic carbocycles. The molecule has 60 valence electrons. The van der Waals surface area contributed by atoms with Gasteiger partial charge in [0.15, 0.2) is 0 Å². The molecule has 0 aromatic carbocycles. The van der Waals surface area contributed by atoms with Crippen molar-refractivity contribution in [3.05, 3.63) is 0 Å². The van der Waals surface area contributed by atoms with Crippen molar-refractivity contribution >= 4 is 11.9 Å². The second kappa shape index (κ2) is 5.03. The van der Waals surface area contributed by atoms with Crippen molar-refractivity contribution < 1.29 is 0 Å². The lowest BCUT2D eigenvalue weighted by molar-refractivity contribution is 0.504. The average molecular weight is 159 g/mol. The molecule has 0 bridgehead atoms. The van der Waals surface area contributed by atoms with Crippen molar-refractivity contribution in [3.8, 4) is 0 Å². The molecule has 0 unspecified atom stereocenters. The molecule has 0 aromatic rings. The zero-order chi connectivity index (χ0) is 7.23. The van der Waals surface area contributed by atoms with Crippen LogP contribution < -0.4 is 4.72 Å². The Balaban J connectivity index is 1.91. The smallest absolute Gasteiger partial charge is 0.00610 e. The van der Waals surface area contributed by atoms with Crippen molar-refractivity contribution in [3.63, 3.8) is 0 Å². The minimum Gasteiger partial charge on any atom is -0.264 e. The molecule has 2 heteroatoms. The summed E-state index contributed by atoms with van der Waals surface area (Å²) in [5.74, 6) is 1.04. The van der Waals surface area contributed by atoms with Crippen LogP contribution in [0.4, 0.5) is 0 Å². The van der Waals surface area contributed by atoms with Gasteiger partial charge in [0, 0.05) is 6.54 Å². The van der Waals surface area contributed by atoms with Gasteiger partial charge in [0.2, 0.25) is 0 Å². The van der Waals surface area contributed by atoms with Gasteiger partial charge in [-0.3, -0.25) is 4.72 Å². The molecule has 0 heterocycles. The Morgan fingerprint density at radius 3 is 2.70 bits per heavy atom. The summed E-state index contributed by atoms with van der Waals surface area (Å²) in [7, 11) is 0. The number of hydrogen-bond acceptors (Lipinski definition) is 2. The molecular formula is C8H17NS. The minimum absolute atomic E-state index is 1.04. The van der Waals surface area contributed by atoms with Crippen molar-refractivity contribution in [1.29, 1.82) is 0 Å². The first-order chi connectivity index (χ1) is 4.93. The highest BCUT2D eigenvalue weighted by atomic mass is 32.2. The highest BCUT2D eigenvalue weighted by molar-refractivity contribution is 7.96. The first-order valence-corrected chi connectivity index (χ1v) is 5.42. The fraction of sp³-hybridized carbons (Fsp3) is 1.00. The van der Waals surface area contributed by atoms with Crippen LogP contribution in [0.1, 0.15) is 32.1 Å². The summed E-state index contributed by atoms with van der Waals surface area (Å²) in [5, 5.41) is 0. The zero-order valence-electron chi connectivity index (χ0n) is 6.73. The van der Waals surface area contributed by atoms with Gasteiger partial charge >= 0.3 is 0 Å². The third-order valence-electron chi connectivity index (χ3n) is 2.27. The van der Waals surface area contributed by atoms with E-state index in [-0.39, 0.29) is 0 Å². The van der Waals surface area contributed by atoms with Crippen LogP contribution in [0.15, 0.2) is 0 Å². The Bertz CT molecular complexity index is 79.3. The van der Waals surface area contributed by atoms with E-state index in [4.69, 9.17) is 0 Å². The summed E-state index contributed by atoms with van der Waals surface area (Å²) in [6, 6.07) is 0. The SMILES string of the molecule is CSNCCC1CCCC1. The second-order valence-electron chi connectivity index (χ2n) is 3.04. The Labute approximate surface area is 68.1 Å². The lowest BCUT2D eigenvalue weighted by atomic mass is 10.1. The van der Waals surface area contributed by atoms with E-state index in [2.05, 4.69) is 11.0 Å². The molecule has 1 nitrogen and oxygen atoms in total. The van der Waals surface area contributed by atoms with Crippen LogP contribution in [-0.4, -0.2) is 12.8 Å². The van der Waals surface area contributed by atoms with Crippen LogP contribution in [0.25, 0.3) is 0 Å². The quantitative estimate of drug-likeness (QED) is 0.499. The number of hydrogen-bond donors (Lipinski definition) is 1. The van der Waals surface area contributed by atoms with E-state index in [0.29, 0.717) is 0 Å². The standard InChI is InChI=1S/C8H17NS/c1-10-9-7-6-8-4-2-3-5-8/h8-9H,2-7H2,1H3. The van der Waals surface area contributed by atoms with Gasteiger partial charge in [-0.1, -0.05) is 37.6 Å². The van der Waals surface area contributed by atoms with E-state index < -0.39 is 0 Å². The molecule has 0 amide bonds. The van der Waals surface area contributed by atoms with Crippen molar-refractivity contribution in [2.75, 3.05) is 12.8 Å². The summed E-state index contributed by atoms with van der Waals surface area (Å²) in [6.07, 6.45) is 9.40. The molecule has 0 radical (unpaired) electrons. The monoisotopic (exact) mass is 159 g/mol. The van der Waals surface area contributed by atoms with Gasteiger partial charge in [0.1, 0.15) is 0 Å². The molecular weight excluding hydrogens is 142 g/mol. The Morgan fingerprint density at radius 1 is 1.40 bits per heavy atom. The first-order valence-electron chi connectivity index (χ1n) is 4.19. The van der Waals surface area contributed by atoms with Gasteiger partial charge in [-0.2, -0.15) is 0 Å². The number of nitrogens with one attached hydrogen (secondary N) is 1. The topological polar surface area (TPSA) is 12.0 Å². The predicted octanol–water partition coefficient (Wildman–Crippen LogP) is 2.43. The van der Waals surface area contributed by atoms with E-state index in [1.807, 2.05) is 0 Å². The first kappa shape index (κ1) is 8.41. The Kier molecular flexibility index (Phi) is 4.23. The minimum atomic E-state index is 1.04. The highest BCUT2D eigenvalue weighted by Gasteiger charge is 2.13. The molecule has 1 aliphatic rings. The van der Waals surface area contributed by atoms with E-state index in [1.54, 1.807) is 11.9 Å². The van der Waals surface area contributed by atoms with Gasteiger partial charge in [-0.05, 0) is 18.6 Å². The molecule has 0 aliphatic heterocycles. The lowest BCUT2D eigenvalue weighted by Gasteiger charge is -2.07. The molecule has 0 aromatic heterocycles. The molecule has 0 saturated heterocycles. The predicted molar refractivity (Wildman–Crippen MR) is 48.1 cm³/mol. The van der Waals surface area contributed by atoms with Gasteiger partial charge in [-0.15, -0.1) is 0 Å². The molecule has 0 spiro atoms. The van der Waals surface area contributed by atoms with Crippen LogP contribution in [0.5, 0.6) is 0 Å². The molecule has 1 rings (SSSR count). The van der Waals surface area contributed by atoms with E-state index in [9.17, 15) is 0 Å². The van der Waals surface area contributed by atoms with Gasteiger partial charge < -0.3 is 0 Å². The summed E-state index contributed by atoms with van der Waals surface area (Å²) >= 11 is 1.73. The highest BCUT2D eigenvalue weighted by Crippen LogP contribution is 2.26. The Hall–Kier alpha value is 0.310. The molecule has 1 fully saturated rings. The van der Waals surface area contributed by atoms with Crippen LogP contribution in [0, 0.1) is 5.92 Å². The van der Waals surface area contributed by atoms with Crippen molar-refractivity contribution in [2.24, 2.45) is 5.92 Å². The largest absolute Gasteiger partial charge is 0.264 e. The van der Waals surface area contributed by atoms with Crippen LogP contribution in [0.2, 0.25) is 0 Å². The third-order valence-corrected chi connectivity index (χ3v) is 2.77. The van der Waals surface area contributed by atoms with E-state index in [1.165, 1.54) is 38.6 Å². The van der Waals surface area contributed by atoms with Gasteiger partial charge in [0.25, 0.3) is 0 Å². The summed E-state index contributed by atoms with van der Waals surface area (Å²) in [6.45, 7) is 1.20. The van der Waals surface area contributed by atoms with Crippen LogP contribution >= 0.6 is 11.9 Å². The summed E-state index contributed by atoms with van der Waals surface area (Å²) < 4.78 is 3.29. The van der Waals surface area contributed by atoms with Gasteiger partial charge in [-0.25, -0.2) is 0 Å². The third kappa shape index (κ3) is 2.93. The van der Waals surface area contributed by atoms with E-state index in [0.717, 1.165) is 5.92 Å². The maximum Gasteiger partial charge on any atom is 0.00610 e. The maximum atomic E-state index is 3.29. The molecule has 10 heavy (non-hydrogen) atoms. The van der Waals surface area contributed by atoms with Crippen LogP contribution in [0.3, 0.4) is 0 Å². The van der Waals surface area contributed by atoms with Crippen LogP contribution in [-0.2, 0) is 0 Å². The Morgan fingerprint density at radius 2 is 2.10 bits per heavy atom. The summed E-state index contributed by atoms with van der Waals surface area (Å²) in [5.41, 5.74) is 0. The molecule has 1 N–H and O–H groups in total. The molecule has 1 saturated carbocycles. The lowest BCUT2D eigenvalue weighted by Crippen LogP contribution is -2.08. The zero-order valence-corrected chi connectivity index (χ0v) is 7.54.